The molecule has 2 fully saturated rings. The molecule has 43 heavy (non-hydrogen) atoms. The van der Waals surface area contributed by atoms with Crippen LogP contribution in [-0.2, 0) is 33.8 Å². The van der Waals surface area contributed by atoms with Gasteiger partial charge in [0, 0.05) is 51.6 Å². The summed E-state index contributed by atoms with van der Waals surface area (Å²) >= 11 is 0. The lowest BCUT2D eigenvalue weighted by Crippen LogP contribution is -2.42. The number of aryl methyl sites for hydroxylation is 2. The Labute approximate surface area is 254 Å². The molecule has 2 aromatic carbocycles. The molecule has 4 heterocycles. The largest absolute Gasteiger partial charge is 0.488 e. The van der Waals surface area contributed by atoms with Gasteiger partial charge in [-0.05, 0) is 85.5 Å². The first kappa shape index (κ1) is 29.6. The molecule has 0 unspecified atom stereocenters. The topological polar surface area (TPSA) is 84.4 Å². The molecule has 8 heteroatoms. The molecule has 0 spiro atoms. The zero-order chi connectivity index (χ0) is 29.9. The molecule has 2 atom stereocenters. The molecule has 3 aliphatic heterocycles. The van der Waals surface area contributed by atoms with Gasteiger partial charge in [0.1, 0.15) is 18.2 Å². The maximum Gasteiger partial charge on any atom is 0.308 e. The highest BCUT2D eigenvalue weighted by atomic mass is 16.5. The summed E-state index contributed by atoms with van der Waals surface area (Å²) in [5.74, 6) is 0.319. The third-order valence-electron chi connectivity index (χ3n) is 9.46. The second-order valence-electron chi connectivity index (χ2n) is 12.2. The number of para-hydroxylation sites is 1. The van der Waals surface area contributed by atoms with E-state index < -0.39 is 11.9 Å². The highest BCUT2D eigenvalue weighted by Gasteiger charge is 2.39. The van der Waals surface area contributed by atoms with Crippen LogP contribution in [0.15, 0.2) is 48.5 Å². The van der Waals surface area contributed by atoms with Crippen LogP contribution in [0.2, 0.25) is 0 Å². The number of carbonyl (C=O) groups is 1. The molecule has 0 saturated carbocycles. The van der Waals surface area contributed by atoms with Gasteiger partial charge in [-0.1, -0.05) is 30.3 Å². The summed E-state index contributed by atoms with van der Waals surface area (Å²) < 4.78 is 17.6. The Bertz CT molecular complexity index is 1450. The van der Waals surface area contributed by atoms with E-state index in [2.05, 4.69) is 41.8 Å². The number of fused-ring (bicyclic) bond motifs is 1. The number of nitrogens with zero attached hydrogens (tertiary/aromatic N) is 3. The van der Waals surface area contributed by atoms with Crippen LogP contribution in [0.3, 0.4) is 0 Å². The summed E-state index contributed by atoms with van der Waals surface area (Å²) in [6.45, 7) is 9.62. The fraction of sp³-hybridized carbons (Fsp3) is 0.486. The molecule has 0 radical (unpaired) electrons. The number of aromatic nitrogens is 1. The van der Waals surface area contributed by atoms with Gasteiger partial charge in [0.2, 0.25) is 0 Å². The van der Waals surface area contributed by atoms with Crippen LogP contribution in [-0.4, -0.2) is 73.1 Å². The fourth-order valence-electron chi connectivity index (χ4n) is 7.15. The molecule has 3 aromatic rings. The van der Waals surface area contributed by atoms with E-state index in [1.165, 1.54) is 22.3 Å². The minimum atomic E-state index is -0.788. The summed E-state index contributed by atoms with van der Waals surface area (Å²) in [4.78, 5) is 21.6. The third kappa shape index (κ3) is 6.28. The number of pyridine rings is 1. The summed E-state index contributed by atoms with van der Waals surface area (Å²) in [5, 5.41) is 9.75. The number of carboxylic acids is 1. The van der Waals surface area contributed by atoms with Crippen molar-refractivity contribution in [2.45, 2.75) is 64.8 Å². The number of hydrogen-bond donors (Lipinski definition) is 1. The van der Waals surface area contributed by atoms with Gasteiger partial charge < -0.3 is 24.2 Å². The standard InChI is InChI=1S/C35H43N3O5/c1-23-6-4-7-28(31-8-5-9-33(36-31)38-15-11-29(35(39)40)32(38)22-41-3)34(23)43-21-25-18-24(2)30-20-37(14-10-26(30)19-25)27-12-16-42-17-13-27/h4-9,18-19,27,29,32H,10-17,20-22H2,1-3H3,(H,39,40)/t29-,32-/m1/s1. The smallest absolute Gasteiger partial charge is 0.308 e. The molecule has 228 valence electrons. The van der Waals surface area contributed by atoms with E-state index in [9.17, 15) is 9.90 Å². The molecule has 1 N–H and O–H groups in total. The van der Waals surface area contributed by atoms with Gasteiger partial charge in [0.05, 0.1) is 24.3 Å². The van der Waals surface area contributed by atoms with Crippen molar-refractivity contribution >= 4 is 11.8 Å². The molecular weight excluding hydrogens is 542 g/mol. The highest BCUT2D eigenvalue weighted by molar-refractivity contribution is 5.74. The molecule has 0 bridgehead atoms. The first-order valence-electron chi connectivity index (χ1n) is 15.5. The van der Waals surface area contributed by atoms with E-state index in [0.717, 1.165) is 74.0 Å². The van der Waals surface area contributed by atoms with Gasteiger partial charge in [-0.25, -0.2) is 4.98 Å². The Hall–Kier alpha value is -3.46. The first-order valence-corrected chi connectivity index (χ1v) is 15.5. The van der Waals surface area contributed by atoms with Gasteiger partial charge in [-0.3, -0.25) is 9.69 Å². The zero-order valence-corrected chi connectivity index (χ0v) is 25.6. The highest BCUT2D eigenvalue weighted by Crippen LogP contribution is 2.36. The summed E-state index contributed by atoms with van der Waals surface area (Å²) in [6.07, 6.45) is 3.90. The first-order chi connectivity index (χ1) is 20.9. The van der Waals surface area contributed by atoms with Gasteiger partial charge >= 0.3 is 5.97 Å². The number of carboxylic acid groups (broad SMARTS) is 1. The number of benzene rings is 2. The monoisotopic (exact) mass is 585 g/mol. The van der Waals surface area contributed by atoms with Crippen molar-refractivity contribution in [3.05, 3.63) is 76.3 Å². The molecule has 6 rings (SSSR count). The molecule has 3 aliphatic rings. The average Bonchev–Trinajstić information content (AvgIpc) is 3.45. The van der Waals surface area contributed by atoms with Crippen molar-refractivity contribution in [1.82, 2.24) is 9.88 Å². The molecule has 0 aliphatic carbocycles. The lowest BCUT2D eigenvalue weighted by atomic mass is 9.91. The Morgan fingerprint density at radius 1 is 1.05 bits per heavy atom. The van der Waals surface area contributed by atoms with Gasteiger partial charge in [-0.15, -0.1) is 0 Å². The average molecular weight is 586 g/mol. The molecule has 2 saturated heterocycles. The van der Waals surface area contributed by atoms with Crippen LogP contribution < -0.4 is 9.64 Å². The van der Waals surface area contributed by atoms with Crippen molar-refractivity contribution in [2.24, 2.45) is 5.92 Å². The summed E-state index contributed by atoms with van der Waals surface area (Å²) in [7, 11) is 1.61. The second-order valence-corrected chi connectivity index (χ2v) is 12.2. The predicted molar refractivity (Wildman–Crippen MR) is 167 cm³/mol. The van der Waals surface area contributed by atoms with Crippen LogP contribution in [0.4, 0.5) is 5.82 Å². The maximum absolute atomic E-state index is 11.9. The van der Waals surface area contributed by atoms with Crippen LogP contribution in [0.5, 0.6) is 5.75 Å². The van der Waals surface area contributed by atoms with Gasteiger partial charge in [0.15, 0.2) is 0 Å². The van der Waals surface area contributed by atoms with E-state index in [1.54, 1.807) is 7.11 Å². The minimum absolute atomic E-state index is 0.255. The van der Waals surface area contributed by atoms with Crippen molar-refractivity contribution in [1.29, 1.82) is 0 Å². The molecular formula is C35H43N3O5. The van der Waals surface area contributed by atoms with E-state index in [4.69, 9.17) is 19.2 Å². The molecule has 8 nitrogen and oxygen atoms in total. The Morgan fingerprint density at radius 3 is 2.65 bits per heavy atom. The van der Waals surface area contributed by atoms with Crippen molar-refractivity contribution < 1.29 is 24.1 Å². The van der Waals surface area contributed by atoms with E-state index in [1.807, 2.05) is 30.3 Å². The zero-order valence-electron chi connectivity index (χ0n) is 25.6. The van der Waals surface area contributed by atoms with Crippen molar-refractivity contribution in [3.8, 4) is 17.0 Å². The van der Waals surface area contributed by atoms with Gasteiger partial charge in [0.25, 0.3) is 0 Å². The summed E-state index contributed by atoms with van der Waals surface area (Å²) in [5.41, 5.74) is 8.22. The molecule has 1 aromatic heterocycles. The second kappa shape index (κ2) is 13.0. The van der Waals surface area contributed by atoms with E-state index in [0.29, 0.717) is 32.2 Å². The summed E-state index contributed by atoms with van der Waals surface area (Å²) in [6, 6.07) is 17.1. The predicted octanol–water partition coefficient (Wildman–Crippen LogP) is 5.41. The number of ether oxygens (including phenoxy) is 3. The quantitative estimate of drug-likeness (QED) is 0.357. The number of aliphatic carboxylic acids is 1. The number of hydrogen-bond acceptors (Lipinski definition) is 7. The fourth-order valence-corrected chi connectivity index (χ4v) is 7.15. The van der Waals surface area contributed by atoms with E-state index in [-0.39, 0.29) is 6.04 Å². The third-order valence-corrected chi connectivity index (χ3v) is 9.46. The van der Waals surface area contributed by atoms with Crippen LogP contribution in [0.1, 0.15) is 47.1 Å². The normalized spacial score (nSPS) is 21.1. The maximum atomic E-state index is 11.9. The number of rotatable bonds is 9. The van der Waals surface area contributed by atoms with Crippen molar-refractivity contribution in [2.75, 3.05) is 44.9 Å². The SMILES string of the molecule is COC[C@@H]1[C@H](C(=O)O)CCN1c1cccc(-c2cccc(C)c2OCc2cc(C)c3c(c2)CCN(C2CCOCC2)C3)n1. The number of methoxy groups -OCH3 is 1. The van der Waals surface area contributed by atoms with Gasteiger partial charge in [-0.2, -0.15) is 0 Å². The lowest BCUT2D eigenvalue weighted by molar-refractivity contribution is -0.142. The van der Waals surface area contributed by atoms with Crippen molar-refractivity contribution in [3.63, 3.8) is 0 Å². The Balaban J connectivity index is 1.21. The minimum Gasteiger partial charge on any atom is -0.488 e. The van der Waals surface area contributed by atoms with Crippen LogP contribution >= 0.6 is 0 Å². The molecule has 0 amide bonds. The number of anilines is 1. The Morgan fingerprint density at radius 2 is 1.86 bits per heavy atom. The van der Waals surface area contributed by atoms with Crippen LogP contribution in [0, 0.1) is 19.8 Å². The Kier molecular flexibility index (Phi) is 8.98. The van der Waals surface area contributed by atoms with Crippen LogP contribution in [0.25, 0.3) is 11.3 Å². The lowest BCUT2D eigenvalue weighted by Gasteiger charge is -2.38. The van der Waals surface area contributed by atoms with E-state index >= 15 is 0 Å².